The second kappa shape index (κ2) is 5.25. The number of nitrogens with zero attached hydrogens (tertiary/aromatic N) is 1. The van der Waals surface area contributed by atoms with Crippen LogP contribution in [0.15, 0.2) is 28.8 Å². The zero-order valence-electron chi connectivity index (χ0n) is 11.2. The Balaban J connectivity index is 2.51. The van der Waals surface area contributed by atoms with Gasteiger partial charge in [-0.2, -0.15) is 0 Å². The molecule has 1 aromatic carbocycles. The number of aryl methyl sites for hydroxylation is 1. The first-order valence-corrected chi connectivity index (χ1v) is 6.46. The van der Waals surface area contributed by atoms with Gasteiger partial charge in [-0.05, 0) is 24.5 Å². The lowest BCUT2D eigenvalue weighted by Gasteiger charge is -2.10. The van der Waals surface area contributed by atoms with Crippen LogP contribution in [0, 0.1) is 6.92 Å². The molecule has 0 aliphatic rings. The Hall–Kier alpha value is -1.77. The van der Waals surface area contributed by atoms with E-state index in [1.165, 1.54) is 5.56 Å². The van der Waals surface area contributed by atoms with E-state index in [-0.39, 0.29) is 0 Å². The first-order chi connectivity index (χ1) is 8.65. The van der Waals surface area contributed by atoms with Crippen molar-refractivity contribution in [1.29, 1.82) is 0 Å². The van der Waals surface area contributed by atoms with Crippen LogP contribution in [0.5, 0.6) is 0 Å². The molecule has 0 radical (unpaired) electrons. The number of hydrogen-bond acceptors (Lipinski definition) is 3. The molecule has 0 aliphatic carbocycles. The first kappa shape index (κ1) is 12.7. The van der Waals surface area contributed by atoms with Gasteiger partial charge >= 0.3 is 0 Å². The molecule has 2 N–H and O–H groups in total. The van der Waals surface area contributed by atoms with Gasteiger partial charge in [0.2, 0.25) is 5.88 Å². The van der Waals surface area contributed by atoms with Crippen molar-refractivity contribution < 1.29 is 4.52 Å². The summed E-state index contributed by atoms with van der Waals surface area (Å²) in [5.41, 5.74) is 10.2. The molecule has 0 amide bonds. The average molecular weight is 244 g/mol. The van der Waals surface area contributed by atoms with Crippen LogP contribution >= 0.6 is 0 Å². The fourth-order valence-electron chi connectivity index (χ4n) is 2.35. The van der Waals surface area contributed by atoms with Gasteiger partial charge in [0, 0.05) is 5.92 Å². The maximum absolute atomic E-state index is 5.95. The van der Waals surface area contributed by atoms with Gasteiger partial charge in [0.15, 0.2) is 0 Å². The summed E-state index contributed by atoms with van der Waals surface area (Å²) in [6.07, 6.45) is 2.21. The van der Waals surface area contributed by atoms with Crippen LogP contribution in [0.3, 0.4) is 0 Å². The quantitative estimate of drug-likeness (QED) is 0.879. The highest BCUT2D eigenvalue weighted by atomic mass is 16.5. The Morgan fingerprint density at radius 2 is 2.06 bits per heavy atom. The summed E-state index contributed by atoms with van der Waals surface area (Å²) < 4.78 is 5.20. The topological polar surface area (TPSA) is 52.0 Å². The maximum atomic E-state index is 5.95. The van der Waals surface area contributed by atoms with E-state index in [0.29, 0.717) is 11.8 Å². The van der Waals surface area contributed by atoms with Gasteiger partial charge in [0.25, 0.3) is 0 Å². The molecule has 2 aromatic rings. The Bertz CT molecular complexity index is 531. The highest BCUT2D eigenvalue weighted by molar-refractivity contribution is 5.77. The summed E-state index contributed by atoms with van der Waals surface area (Å²) in [5, 5.41) is 4.15. The Morgan fingerprint density at radius 3 is 2.72 bits per heavy atom. The molecule has 2 rings (SSSR count). The Labute approximate surface area is 108 Å². The summed E-state index contributed by atoms with van der Waals surface area (Å²) in [4.78, 5) is 0. The van der Waals surface area contributed by atoms with Crippen molar-refractivity contribution in [2.24, 2.45) is 0 Å². The highest BCUT2D eigenvalue weighted by Crippen LogP contribution is 2.36. The molecule has 96 valence electrons. The second-order valence-corrected chi connectivity index (χ2v) is 4.81. The molecule has 0 aliphatic heterocycles. The number of benzene rings is 1. The third kappa shape index (κ3) is 2.26. The molecule has 18 heavy (non-hydrogen) atoms. The van der Waals surface area contributed by atoms with Crippen LogP contribution in [-0.4, -0.2) is 5.16 Å². The Kier molecular flexibility index (Phi) is 3.70. The second-order valence-electron chi connectivity index (χ2n) is 4.81. The standard InChI is InChI=1S/C15H20N2O/c1-4-7-11(3)14-13(15(16)18-17-14)12-9-6-5-8-10(12)2/h5-6,8-9,11H,4,7,16H2,1-3H3. The van der Waals surface area contributed by atoms with Crippen molar-refractivity contribution in [3.63, 3.8) is 0 Å². The van der Waals surface area contributed by atoms with Gasteiger partial charge in [0.1, 0.15) is 0 Å². The number of hydrogen-bond donors (Lipinski definition) is 1. The number of nitrogen functional groups attached to an aromatic ring is 1. The monoisotopic (exact) mass is 244 g/mol. The van der Waals surface area contributed by atoms with Crippen LogP contribution in [0.4, 0.5) is 5.88 Å². The molecule has 0 saturated carbocycles. The molecule has 0 spiro atoms. The largest absolute Gasteiger partial charge is 0.367 e. The number of aromatic nitrogens is 1. The molecule has 1 atom stereocenters. The molecule has 0 fully saturated rings. The van der Waals surface area contributed by atoms with Crippen molar-refractivity contribution in [1.82, 2.24) is 5.16 Å². The van der Waals surface area contributed by atoms with Crippen molar-refractivity contribution in [2.45, 2.75) is 39.5 Å². The lowest BCUT2D eigenvalue weighted by Crippen LogP contribution is -1.98. The smallest absolute Gasteiger partial charge is 0.230 e. The lowest BCUT2D eigenvalue weighted by molar-refractivity contribution is 0.419. The molecule has 3 heteroatoms. The average Bonchev–Trinajstić information content (AvgIpc) is 2.72. The van der Waals surface area contributed by atoms with E-state index >= 15 is 0 Å². The summed E-state index contributed by atoms with van der Waals surface area (Å²) in [6.45, 7) is 6.42. The van der Waals surface area contributed by atoms with Crippen LogP contribution in [0.25, 0.3) is 11.1 Å². The van der Waals surface area contributed by atoms with Gasteiger partial charge in [-0.3, -0.25) is 0 Å². The minimum Gasteiger partial charge on any atom is -0.367 e. The van der Waals surface area contributed by atoms with E-state index in [2.05, 4.69) is 38.1 Å². The van der Waals surface area contributed by atoms with Gasteiger partial charge < -0.3 is 10.3 Å². The fraction of sp³-hybridized carbons (Fsp3) is 0.400. The predicted molar refractivity (Wildman–Crippen MR) is 74.4 cm³/mol. The van der Waals surface area contributed by atoms with Crippen molar-refractivity contribution in [3.8, 4) is 11.1 Å². The van der Waals surface area contributed by atoms with E-state index in [1.54, 1.807) is 0 Å². The normalized spacial score (nSPS) is 12.6. The third-order valence-electron chi connectivity index (χ3n) is 3.35. The minimum absolute atomic E-state index is 0.366. The Morgan fingerprint density at radius 1 is 1.33 bits per heavy atom. The molecule has 1 aromatic heterocycles. The van der Waals surface area contributed by atoms with E-state index in [0.717, 1.165) is 29.7 Å². The zero-order chi connectivity index (χ0) is 13.1. The van der Waals surface area contributed by atoms with E-state index in [9.17, 15) is 0 Å². The maximum Gasteiger partial charge on any atom is 0.230 e. The molecule has 3 nitrogen and oxygen atoms in total. The molecular formula is C15H20N2O. The summed E-state index contributed by atoms with van der Waals surface area (Å²) in [7, 11) is 0. The highest BCUT2D eigenvalue weighted by Gasteiger charge is 2.21. The third-order valence-corrected chi connectivity index (χ3v) is 3.35. The SMILES string of the molecule is CCCC(C)c1noc(N)c1-c1ccccc1C. The van der Waals surface area contributed by atoms with Crippen LogP contribution in [0.2, 0.25) is 0 Å². The van der Waals surface area contributed by atoms with Gasteiger partial charge in [0.05, 0.1) is 11.3 Å². The van der Waals surface area contributed by atoms with Crippen molar-refractivity contribution in [2.75, 3.05) is 5.73 Å². The zero-order valence-corrected chi connectivity index (χ0v) is 11.2. The molecule has 1 unspecified atom stereocenters. The molecular weight excluding hydrogens is 224 g/mol. The minimum atomic E-state index is 0.366. The van der Waals surface area contributed by atoms with Gasteiger partial charge in [-0.1, -0.05) is 49.7 Å². The fourth-order valence-corrected chi connectivity index (χ4v) is 2.35. The number of anilines is 1. The van der Waals surface area contributed by atoms with Gasteiger partial charge in [-0.15, -0.1) is 0 Å². The predicted octanol–water partition coefficient (Wildman–Crippen LogP) is 4.14. The molecule has 1 heterocycles. The summed E-state index contributed by atoms with van der Waals surface area (Å²) >= 11 is 0. The van der Waals surface area contributed by atoms with Crippen LogP contribution in [-0.2, 0) is 0 Å². The van der Waals surface area contributed by atoms with Gasteiger partial charge in [-0.25, -0.2) is 0 Å². The van der Waals surface area contributed by atoms with E-state index in [4.69, 9.17) is 10.3 Å². The number of rotatable bonds is 4. The van der Waals surface area contributed by atoms with Crippen molar-refractivity contribution >= 4 is 5.88 Å². The summed E-state index contributed by atoms with van der Waals surface area (Å²) in [6, 6.07) is 8.19. The molecule has 0 saturated heterocycles. The lowest BCUT2D eigenvalue weighted by atomic mass is 9.93. The van der Waals surface area contributed by atoms with E-state index in [1.807, 2.05) is 12.1 Å². The van der Waals surface area contributed by atoms with Crippen LogP contribution < -0.4 is 5.73 Å². The number of nitrogens with two attached hydrogens (primary N) is 1. The summed E-state index contributed by atoms with van der Waals surface area (Å²) in [5.74, 6) is 0.785. The first-order valence-electron chi connectivity index (χ1n) is 6.46. The van der Waals surface area contributed by atoms with Crippen molar-refractivity contribution in [3.05, 3.63) is 35.5 Å². The van der Waals surface area contributed by atoms with Crippen LogP contribution in [0.1, 0.15) is 43.9 Å². The molecule has 0 bridgehead atoms. The van der Waals surface area contributed by atoms with E-state index < -0.39 is 0 Å².